The van der Waals surface area contributed by atoms with Crippen LogP contribution in [0.15, 0.2) is 40.8 Å². The van der Waals surface area contributed by atoms with Gasteiger partial charge < -0.3 is 9.73 Å². The summed E-state index contributed by atoms with van der Waals surface area (Å²) in [7, 11) is -3.60. The highest BCUT2D eigenvalue weighted by atomic mass is 32.2. The number of carbonyl (C=O) groups is 1. The lowest BCUT2D eigenvalue weighted by molar-refractivity contribution is 0.0922. The van der Waals surface area contributed by atoms with Crippen LogP contribution in [0.5, 0.6) is 0 Å². The molecule has 2 aromatic rings. The first kappa shape index (κ1) is 15.7. The van der Waals surface area contributed by atoms with E-state index in [0.717, 1.165) is 12.8 Å². The summed E-state index contributed by atoms with van der Waals surface area (Å²) in [6, 6.07) is 8.85. The number of rotatable bonds is 6. The van der Waals surface area contributed by atoms with Crippen molar-refractivity contribution in [3.05, 3.63) is 59.3 Å². The molecule has 1 aromatic heterocycles. The van der Waals surface area contributed by atoms with E-state index in [4.69, 9.17) is 4.42 Å². The third-order valence-electron chi connectivity index (χ3n) is 3.49. The summed E-state index contributed by atoms with van der Waals surface area (Å²) in [5.41, 5.74) is 0.116. The van der Waals surface area contributed by atoms with Gasteiger partial charge in [-0.1, -0.05) is 18.2 Å². The van der Waals surface area contributed by atoms with Gasteiger partial charge in [0, 0.05) is 11.6 Å². The predicted octanol–water partition coefficient (Wildman–Crippen LogP) is 2.43. The molecule has 1 aliphatic carbocycles. The number of carbonyl (C=O) groups excluding carboxylic acids is 1. The van der Waals surface area contributed by atoms with Gasteiger partial charge in [-0.3, -0.25) is 4.79 Å². The minimum absolute atomic E-state index is 0.0907. The van der Waals surface area contributed by atoms with Crippen LogP contribution < -0.4 is 5.32 Å². The number of benzene rings is 1. The third-order valence-corrected chi connectivity index (χ3v) is 4.97. The lowest BCUT2D eigenvalue weighted by atomic mass is 10.2. The van der Waals surface area contributed by atoms with Gasteiger partial charge in [-0.25, -0.2) is 12.8 Å². The highest BCUT2D eigenvalue weighted by Crippen LogP contribution is 2.21. The molecule has 1 heterocycles. The average Bonchev–Trinajstić information content (AvgIpc) is 3.17. The van der Waals surface area contributed by atoms with Crippen LogP contribution >= 0.6 is 0 Å². The number of amides is 1. The predicted molar refractivity (Wildman–Crippen MR) is 81.9 cm³/mol. The minimum Gasteiger partial charge on any atom is -0.455 e. The summed E-state index contributed by atoms with van der Waals surface area (Å²) in [6.45, 7) is 0. The van der Waals surface area contributed by atoms with E-state index in [1.807, 2.05) is 0 Å². The summed E-state index contributed by atoms with van der Waals surface area (Å²) in [4.78, 5) is 11.8. The Morgan fingerprint density at radius 3 is 2.61 bits per heavy atom. The monoisotopic (exact) mass is 337 g/mol. The van der Waals surface area contributed by atoms with Crippen LogP contribution in [0.3, 0.4) is 0 Å². The molecule has 23 heavy (non-hydrogen) atoms. The van der Waals surface area contributed by atoms with Crippen molar-refractivity contribution in [2.75, 3.05) is 0 Å². The highest BCUT2D eigenvalue weighted by Gasteiger charge is 2.25. The Kier molecular flexibility index (Phi) is 4.21. The Labute approximate surface area is 133 Å². The zero-order valence-electron chi connectivity index (χ0n) is 12.3. The molecule has 3 rings (SSSR count). The molecule has 0 bridgehead atoms. The van der Waals surface area contributed by atoms with Crippen molar-refractivity contribution in [2.24, 2.45) is 0 Å². The third kappa shape index (κ3) is 4.19. The number of sulfone groups is 1. The lowest BCUT2D eigenvalue weighted by Gasteiger charge is -2.04. The molecular formula is C16H16FNO4S. The summed E-state index contributed by atoms with van der Waals surface area (Å²) in [5.74, 6) is -1.43. The van der Waals surface area contributed by atoms with E-state index >= 15 is 0 Å². The molecule has 0 atom stereocenters. The Balaban J connectivity index is 1.67. The molecule has 0 spiro atoms. The SMILES string of the molecule is O=C(NC1CC1)c1ccc(CS(=O)(=O)Cc2ccccc2F)o1. The first-order chi connectivity index (χ1) is 10.9. The molecule has 0 radical (unpaired) electrons. The van der Waals surface area contributed by atoms with E-state index in [1.165, 1.54) is 30.3 Å². The summed E-state index contributed by atoms with van der Waals surface area (Å²) >= 11 is 0. The van der Waals surface area contributed by atoms with Crippen molar-refractivity contribution >= 4 is 15.7 Å². The molecule has 0 aliphatic heterocycles. The van der Waals surface area contributed by atoms with Gasteiger partial charge in [0.2, 0.25) is 0 Å². The first-order valence-electron chi connectivity index (χ1n) is 7.26. The van der Waals surface area contributed by atoms with E-state index in [2.05, 4.69) is 5.32 Å². The molecule has 1 aromatic carbocycles. The normalized spacial score (nSPS) is 14.7. The van der Waals surface area contributed by atoms with Crippen LogP contribution in [0.25, 0.3) is 0 Å². The van der Waals surface area contributed by atoms with Crippen molar-refractivity contribution in [3.63, 3.8) is 0 Å². The molecule has 5 nitrogen and oxygen atoms in total. The second kappa shape index (κ2) is 6.16. The van der Waals surface area contributed by atoms with E-state index in [0.29, 0.717) is 0 Å². The van der Waals surface area contributed by atoms with Crippen molar-refractivity contribution < 1.29 is 22.0 Å². The average molecular weight is 337 g/mol. The van der Waals surface area contributed by atoms with Crippen LogP contribution in [0.1, 0.15) is 34.7 Å². The summed E-state index contributed by atoms with van der Waals surface area (Å²) in [6.07, 6.45) is 1.91. The van der Waals surface area contributed by atoms with Gasteiger partial charge in [-0.15, -0.1) is 0 Å². The van der Waals surface area contributed by atoms with Crippen molar-refractivity contribution in [1.29, 1.82) is 0 Å². The van der Waals surface area contributed by atoms with Gasteiger partial charge in [0.1, 0.15) is 17.3 Å². The van der Waals surface area contributed by atoms with Gasteiger partial charge in [-0.05, 0) is 31.0 Å². The van der Waals surface area contributed by atoms with E-state index in [9.17, 15) is 17.6 Å². The first-order valence-corrected chi connectivity index (χ1v) is 9.08. The molecule has 0 unspecified atom stereocenters. The zero-order valence-corrected chi connectivity index (χ0v) is 13.1. The number of hydrogen-bond acceptors (Lipinski definition) is 4. The Bertz CT molecular complexity index is 824. The van der Waals surface area contributed by atoms with Crippen LogP contribution in [-0.4, -0.2) is 20.4 Å². The van der Waals surface area contributed by atoms with Gasteiger partial charge in [0.25, 0.3) is 5.91 Å². The molecule has 1 saturated carbocycles. The van der Waals surface area contributed by atoms with Gasteiger partial charge >= 0.3 is 0 Å². The Hall–Kier alpha value is -2.15. The molecule has 0 saturated heterocycles. The fourth-order valence-corrected chi connectivity index (χ4v) is 3.58. The van der Waals surface area contributed by atoms with Crippen LogP contribution in [-0.2, 0) is 21.3 Å². The van der Waals surface area contributed by atoms with Gasteiger partial charge in [0.05, 0.1) is 5.75 Å². The topological polar surface area (TPSA) is 76.4 Å². The molecule has 7 heteroatoms. The van der Waals surface area contributed by atoms with Gasteiger partial charge in [-0.2, -0.15) is 0 Å². The maximum atomic E-state index is 13.6. The second-order valence-electron chi connectivity index (χ2n) is 5.64. The van der Waals surface area contributed by atoms with Crippen LogP contribution in [0.2, 0.25) is 0 Å². The highest BCUT2D eigenvalue weighted by molar-refractivity contribution is 7.89. The Morgan fingerprint density at radius 2 is 1.91 bits per heavy atom. The summed E-state index contributed by atoms with van der Waals surface area (Å²) < 4.78 is 43.2. The maximum Gasteiger partial charge on any atom is 0.287 e. The quantitative estimate of drug-likeness (QED) is 0.878. The largest absolute Gasteiger partial charge is 0.455 e. The van der Waals surface area contributed by atoms with E-state index < -0.39 is 21.4 Å². The number of furan rings is 1. The minimum atomic E-state index is -3.60. The van der Waals surface area contributed by atoms with Crippen molar-refractivity contribution in [3.8, 4) is 0 Å². The standard InChI is InChI=1S/C16H16FNO4S/c17-14-4-2-1-3-11(14)9-23(20,21)10-13-7-8-15(22-13)16(19)18-12-5-6-12/h1-4,7-8,12H,5-6,9-10H2,(H,18,19). The smallest absolute Gasteiger partial charge is 0.287 e. The molecule has 1 N–H and O–H groups in total. The second-order valence-corrected chi connectivity index (χ2v) is 7.70. The fraction of sp³-hybridized carbons (Fsp3) is 0.312. The van der Waals surface area contributed by atoms with E-state index in [1.54, 1.807) is 6.07 Å². The van der Waals surface area contributed by atoms with Crippen molar-refractivity contribution in [2.45, 2.75) is 30.4 Å². The van der Waals surface area contributed by atoms with E-state index in [-0.39, 0.29) is 34.8 Å². The molecule has 122 valence electrons. The molecular weight excluding hydrogens is 321 g/mol. The van der Waals surface area contributed by atoms with Crippen LogP contribution in [0, 0.1) is 5.82 Å². The van der Waals surface area contributed by atoms with Crippen molar-refractivity contribution in [1.82, 2.24) is 5.32 Å². The number of halogens is 1. The van der Waals surface area contributed by atoms with Gasteiger partial charge in [0.15, 0.2) is 15.6 Å². The fourth-order valence-electron chi connectivity index (χ4n) is 2.18. The van der Waals surface area contributed by atoms with Crippen LogP contribution in [0.4, 0.5) is 4.39 Å². The number of nitrogens with one attached hydrogen (secondary N) is 1. The zero-order chi connectivity index (χ0) is 16.4. The Morgan fingerprint density at radius 1 is 1.17 bits per heavy atom. The molecule has 1 aliphatic rings. The lowest BCUT2D eigenvalue weighted by Crippen LogP contribution is -2.24. The maximum absolute atomic E-state index is 13.6. The summed E-state index contributed by atoms with van der Waals surface area (Å²) in [5, 5.41) is 2.76. The molecule has 1 amide bonds. The number of hydrogen-bond donors (Lipinski definition) is 1. The molecule has 1 fully saturated rings.